The summed E-state index contributed by atoms with van der Waals surface area (Å²) in [6.07, 6.45) is 1.52. The van der Waals surface area contributed by atoms with E-state index in [4.69, 9.17) is 11.6 Å². The minimum Gasteiger partial charge on any atom is -0.321 e. The lowest BCUT2D eigenvalue weighted by Crippen LogP contribution is -2.31. The fourth-order valence-electron chi connectivity index (χ4n) is 3.04. The van der Waals surface area contributed by atoms with Gasteiger partial charge in [0.2, 0.25) is 0 Å². The first-order valence-electron chi connectivity index (χ1n) is 9.76. The quantitative estimate of drug-likeness (QED) is 0.574. The second kappa shape index (κ2) is 9.86. The topological polar surface area (TPSA) is 91.4 Å². The van der Waals surface area contributed by atoms with E-state index in [2.05, 4.69) is 15.6 Å². The van der Waals surface area contributed by atoms with Gasteiger partial charge in [-0.25, -0.2) is 9.69 Å². The number of halogens is 1. The number of urea groups is 1. The van der Waals surface area contributed by atoms with E-state index in [1.165, 1.54) is 18.3 Å². The summed E-state index contributed by atoms with van der Waals surface area (Å²) in [4.78, 5) is 42.5. The number of carbonyl (C=O) groups is 3. The molecule has 2 aromatic carbocycles. The molecule has 1 aromatic heterocycles. The molecular weight excluding hydrogens is 416 g/mol. The third-order valence-electron chi connectivity index (χ3n) is 4.42. The molecule has 0 spiro atoms. The summed E-state index contributed by atoms with van der Waals surface area (Å²) in [5, 5.41) is 5.50. The smallest absolute Gasteiger partial charge is 0.321 e. The molecular formula is C23H21ClN4O3. The van der Waals surface area contributed by atoms with Gasteiger partial charge in [-0.15, -0.1) is 0 Å². The monoisotopic (exact) mass is 436 g/mol. The molecule has 4 rings (SSSR count). The lowest BCUT2D eigenvalue weighted by atomic mass is 10.1. The number of amides is 4. The zero-order valence-electron chi connectivity index (χ0n) is 17.0. The Morgan fingerprint density at radius 3 is 2.39 bits per heavy atom. The second-order valence-electron chi connectivity index (χ2n) is 6.30. The standard InChI is InChI=1S/C21H15ClN4O3.C2H6/c22-15-12-14(24-19(27)16-8-4-5-11-23-16)9-10-17(15)26-20(28)18(25-21(26)29)13-6-2-1-3-7-13;1-2/h1-12,18H,(H,24,27)(H,25,29);1-2H3/t18-;/m0./s1. The molecule has 3 aromatic rings. The minimum atomic E-state index is -0.775. The van der Waals surface area contributed by atoms with Gasteiger partial charge in [-0.2, -0.15) is 0 Å². The van der Waals surface area contributed by atoms with E-state index in [9.17, 15) is 14.4 Å². The number of pyridine rings is 1. The van der Waals surface area contributed by atoms with Crippen molar-refractivity contribution in [2.75, 3.05) is 10.2 Å². The van der Waals surface area contributed by atoms with Crippen LogP contribution in [0.1, 0.15) is 35.9 Å². The van der Waals surface area contributed by atoms with Crippen molar-refractivity contribution in [1.29, 1.82) is 0 Å². The van der Waals surface area contributed by atoms with Crippen molar-refractivity contribution in [2.45, 2.75) is 19.9 Å². The van der Waals surface area contributed by atoms with Gasteiger partial charge in [0.15, 0.2) is 0 Å². The molecule has 7 nitrogen and oxygen atoms in total. The summed E-state index contributed by atoms with van der Waals surface area (Å²) in [7, 11) is 0. The highest BCUT2D eigenvalue weighted by Gasteiger charge is 2.40. The molecule has 1 fully saturated rings. The Hall–Kier alpha value is -3.71. The minimum absolute atomic E-state index is 0.154. The number of aromatic nitrogens is 1. The summed E-state index contributed by atoms with van der Waals surface area (Å²) in [5.41, 5.74) is 1.60. The van der Waals surface area contributed by atoms with Crippen LogP contribution in [0.15, 0.2) is 72.9 Å². The average molecular weight is 437 g/mol. The van der Waals surface area contributed by atoms with Crippen molar-refractivity contribution in [2.24, 2.45) is 0 Å². The average Bonchev–Trinajstić information content (AvgIpc) is 3.10. The Morgan fingerprint density at radius 1 is 1.03 bits per heavy atom. The lowest BCUT2D eigenvalue weighted by molar-refractivity contribution is -0.118. The SMILES string of the molecule is CC.O=C(Nc1ccc(N2C(=O)N[C@@H](c3ccccc3)C2=O)c(Cl)c1)c1ccccn1. The Kier molecular flexibility index (Phi) is 6.99. The van der Waals surface area contributed by atoms with E-state index in [1.807, 2.05) is 19.9 Å². The van der Waals surface area contributed by atoms with Crippen molar-refractivity contribution in [3.63, 3.8) is 0 Å². The molecule has 4 amide bonds. The van der Waals surface area contributed by atoms with E-state index in [-0.39, 0.29) is 16.4 Å². The first-order chi connectivity index (χ1) is 15.0. The number of nitrogens with zero attached hydrogens (tertiary/aromatic N) is 2. The maximum Gasteiger partial charge on any atom is 0.329 e. The molecule has 1 atom stereocenters. The summed E-state index contributed by atoms with van der Waals surface area (Å²) in [6, 6.07) is 17.2. The highest BCUT2D eigenvalue weighted by Crippen LogP contribution is 2.34. The number of imide groups is 1. The van der Waals surface area contributed by atoms with Gasteiger partial charge < -0.3 is 10.6 Å². The van der Waals surface area contributed by atoms with Crippen LogP contribution >= 0.6 is 11.6 Å². The van der Waals surface area contributed by atoms with Gasteiger partial charge in [0, 0.05) is 11.9 Å². The number of hydrogen-bond donors (Lipinski definition) is 2. The normalized spacial score (nSPS) is 15.1. The van der Waals surface area contributed by atoms with Crippen molar-refractivity contribution in [3.05, 3.63) is 89.2 Å². The highest BCUT2D eigenvalue weighted by atomic mass is 35.5. The fourth-order valence-corrected chi connectivity index (χ4v) is 3.30. The van der Waals surface area contributed by atoms with Crippen LogP contribution in [-0.4, -0.2) is 22.8 Å². The molecule has 2 heterocycles. The molecule has 0 aliphatic carbocycles. The molecule has 8 heteroatoms. The van der Waals surface area contributed by atoms with Crippen LogP contribution in [0.25, 0.3) is 0 Å². The van der Waals surface area contributed by atoms with Crippen molar-refractivity contribution < 1.29 is 14.4 Å². The molecule has 2 N–H and O–H groups in total. The number of rotatable bonds is 4. The summed E-state index contributed by atoms with van der Waals surface area (Å²) in [5.74, 6) is -0.818. The van der Waals surface area contributed by atoms with Gasteiger partial charge in [0.05, 0.1) is 10.7 Å². The molecule has 31 heavy (non-hydrogen) atoms. The van der Waals surface area contributed by atoms with Gasteiger partial charge >= 0.3 is 6.03 Å². The van der Waals surface area contributed by atoms with Gasteiger partial charge in [0.1, 0.15) is 11.7 Å². The van der Waals surface area contributed by atoms with Crippen molar-refractivity contribution in [1.82, 2.24) is 10.3 Å². The van der Waals surface area contributed by atoms with Crippen molar-refractivity contribution >= 4 is 40.8 Å². The van der Waals surface area contributed by atoms with Crippen LogP contribution in [-0.2, 0) is 4.79 Å². The molecule has 0 unspecified atom stereocenters. The Balaban J connectivity index is 0.00000132. The lowest BCUT2D eigenvalue weighted by Gasteiger charge is -2.16. The zero-order chi connectivity index (χ0) is 22.4. The predicted octanol–water partition coefficient (Wildman–Crippen LogP) is 4.81. The molecule has 1 aliphatic rings. The first kappa shape index (κ1) is 22.0. The summed E-state index contributed by atoms with van der Waals surface area (Å²) in [6.45, 7) is 4.00. The number of anilines is 2. The molecule has 158 valence electrons. The summed E-state index contributed by atoms with van der Waals surface area (Å²) < 4.78 is 0. The molecule has 0 bridgehead atoms. The largest absolute Gasteiger partial charge is 0.329 e. The molecule has 1 saturated heterocycles. The van der Waals surface area contributed by atoms with Crippen LogP contribution in [0.4, 0.5) is 16.2 Å². The molecule has 0 saturated carbocycles. The van der Waals surface area contributed by atoms with Gasteiger partial charge in [-0.1, -0.05) is 61.8 Å². The Morgan fingerprint density at radius 2 is 1.74 bits per heavy atom. The van der Waals surface area contributed by atoms with Gasteiger partial charge in [-0.05, 0) is 35.9 Å². The van der Waals surface area contributed by atoms with E-state index < -0.39 is 23.9 Å². The third-order valence-corrected chi connectivity index (χ3v) is 4.72. The second-order valence-corrected chi connectivity index (χ2v) is 6.71. The van der Waals surface area contributed by atoms with E-state index in [1.54, 1.807) is 48.5 Å². The first-order valence-corrected chi connectivity index (χ1v) is 10.1. The Labute approximate surface area is 185 Å². The van der Waals surface area contributed by atoms with Crippen molar-refractivity contribution in [3.8, 4) is 0 Å². The zero-order valence-corrected chi connectivity index (χ0v) is 17.8. The molecule has 0 radical (unpaired) electrons. The predicted molar refractivity (Wildman–Crippen MR) is 120 cm³/mol. The number of nitrogens with one attached hydrogen (secondary N) is 2. The number of hydrogen-bond acceptors (Lipinski definition) is 4. The van der Waals surface area contributed by atoms with Gasteiger partial charge in [-0.3, -0.25) is 14.6 Å². The van der Waals surface area contributed by atoms with Crippen LogP contribution in [0.2, 0.25) is 5.02 Å². The maximum atomic E-state index is 12.8. The van der Waals surface area contributed by atoms with Gasteiger partial charge in [0.25, 0.3) is 11.8 Å². The fraction of sp³-hybridized carbons (Fsp3) is 0.130. The van der Waals surface area contributed by atoms with Crippen LogP contribution in [0.3, 0.4) is 0 Å². The van der Waals surface area contributed by atoms with Crippen LogP contribution < -0.4 is 15.5 Å². The van der Waals surface area contributed by atoms with Crippen LogP contribution in [0.5, 0.6) is 0 Å². The van der Waals surface area contributed by atoms with Crippen LogP contribution in [0, 0.1) is 0 Å². The number of carbonyl (C=O) groups excluding carboxylic acids is 3. The molecule has 1 aliphatic heterocycles. The number of benzene rings is 2. The highest BCUT2D eigenvalue weighted by molar-refractivity contribution is 6.36. The van der Waals surface area contributed by atoms with E-state index in [0.717, 1.165) is 4.90 Å². The van der Waals surface area contributed by atoms with E-state index in [0.29, 0.717) is 11.3 Å². The third kappa shape index (κ3) is 4.73. The Bertz CT molecular complexity index is 1090. The summed E-state index contributed by atoms with van der Waals surface area (Å²) >= 11 is 6.32. The van der Waals surface area contributed by atoms with E-state index >= 15 is 0 Å². The maximum absolute atomic E-state index is 12.8.